The molecule has 3 aliphatic rings. The maximum Gasteiger partial charge on any atom is 0.310 e. The molecule has 0 unspecified atom stereocenters. The van der Waals surface area contributed by atoms with Gasteiger partial charge in [-0.2, -0.15) is 4.31 Å². The molecule has 0 radical (unpaired) electrons. The van der Waals surface area contributed by atoms with Crippen molar-refractivity contribution in [3.8, 4) is 5.88 Å². The van der Waals surface area contributed by atoms with Crippen molar-refractivity contribution in [2.24, 2.45) is 11.3 Å². The van der Waals surface area contributed by atoms with Crippen molar-refractivity contribution < 1.29 is 27.8 Å². The van der Waals surface area contributed by atoms with Gasteiger partial charge in [0.05, 0.1) is 30.7 Å². The molecular weight excluding hydrogens is 618 g/mol. The number of fused-ring (bicyclic) bond motifs is 2. The van der Waals surface area contributed by atoms with Gasteiger partial charge in [0, 0.05) is 38.0 Å². The molecule has 2 aliphatic heterocycles. The topological polar surface area (TPSA) is 137 Å². The van der Waals surface area contributed by atoms with Crippen molar-refractivity contribution in [2.75, 3.05) is 19.8 Å². The van der Waals surface area contributed by atoms with E-state index in [1.54, 1.807) is 26.1 Å². The van der Waals surface area contributed by atoms with E-state index in [-0.39, 0.29) is 23.9 Å². The first-order valence-electron chi connectivity index (χ1n) is 16.3. The standard InChI is InChI=1S/C35H41N5O6S/c1-22-7-10-25(30(34(3,4)33(41)42)27-11-12-28-31(23(27)2)37-38-40(28)19-24-8-9-24)18-26(22)20-39-21-35(13-16-45-17-14-35)46-32-29(47(39,43)44)6-5-15-36-32/h5-7,10-12,15,18,24,30H,8-9,13-14,16-17,19-21H2,1-4H3,(H,41,42)/t30-/m1/s1. The Morgan fingerprint density at radius 2 is 1.89 bits per heavy atom. The van der Waals surface area contributed by atoms with E-state index in [1.807, 2.05) is 48.9 Å². The molecule has 1 aliphatic carbocycles. The molecule has 11 nitrogen and oxygen atoms in total. The van der Waals surface area contributed by atoms with Gasteiger partial charge in [-0.3, -0.25) is 4.79 Å². The Bertz CT molecular complexity index is 1960. The number of carboxylic acids is 1. The van der Waals surface area contributed by atoms with Crippen molar-refractivity contribution >= 4 is 27.0 Å². The van der Waals surface area contributed by atoms with Crippen LogP contribution in [-0.4, -0.2) is 69.1 Å². The predicted molar refractivity (Wildman–Crippen MR) is 175 cm³/mol. The van der Waals surface area contributed by atoms with E-state index in [2.05, 4.69) is 15.3 Å². The maximum atomic E-state index is 14.2. The molecule has 1 N–H and O–H groups in total. The van der Waals surface area contributed by atoms with Gasteiger partial charge in [0.15, 0.2) is 0 Å². The second-order valence-electron chi connectivity index (χ2n) is 14.0. The molecule has 4 heterocycles. The van der Waals surface area contributed by atoms with Crippen LogP contribution in [0.4, 0.5) is 0 Å². The van der Waals surface area contributed by atoms with Crippen molar-refractivity contribution in [2.45, 2.75) is 82.9 Å². The summed E-state index contributed by atoms with van der Waals surface area (Å²) in [6.45, 7) is 9.42. The Labute approximate surface area is 274 Å². The fourth-order valence-corrected chi connectivity index (χ4v) is 8.65. The summed E-state index contributed by atoms with van der Waals surface area (Å²) >= 11 is 0. The Morgan fingerprint density at radius 1 is 1.13 bits per heavy atom. The van der Waals surface area contributed by atoms with Crippen LogP contribution in [0.1, 0.15) is 73.3 Å². The van der Waals surface area contributed by atoms with E-state index in [9.17, 15) is 18.3 Å². The fraction of sp³-hybridized carbons (Fsp3) is 0.486. The lowest BCUT2D eigenvalue weighted by Gasteiger charge is -2.38. The van der Waals surface area contributed by atoms with Gasteiger partial charge in [-0.25, -0.2) is 18.1 Å². The van der Waals surface area contributed by atoms with Crippen LogP contribution in [0.15, 0.2) is 53.6 Å². The molecule has 1 atom stereocenters. The van der Waals surface area contributed by atoms with Crippen LogP contribution < -0.4 is 4.74 Å². The summed E-state index contributed by atoms with van der Waals surface area (Å²) in [5, 5.41) is 19.5. The first-order chi connectivity index (χ1) is 22.4. The maximum absolute atomic E-state index is 14.2. The summed E-state index contributed by atoms with van der Waals surface area (Å²) in [7, 11) is -3.98. The molecule has 2 aromatic heterocycles. The van der Waals surface area contributed by atoms with Gasteiger partial charge in [0.2, 0.25) is 15.9 Å². The zero-order chi connectivity index (χ0) is 33.1. The van der Waals surface area contributed by atoms with Gasteiger partial charge >= 0.3 is 5.97 Å². The molecule has 1 saturated carbocycles. The first-order valence-corrected chi connectivity index (χ1v) is 17.7. The number of aliphatic carboxylic acids is 1. The van der Waals surface area contributed by atoms with Crippen LogP contribution in [0.5, 0.6) is 5.88 Å². The lowest BCUT2D eigenvalue weighted by Crippen LogP contribution is -2.50. The number of aryl methyl sites for hydroxylation is 2. The number of hydrogen-bond donors (Lipinski definition) is 1. The van der Waals surface area contributed by atoms with Crippen LogP contribution in [0, 0.1) is 25.2 Å². The number of carboxylic acid groups (broad SMARTS) is 1. The molecule has 2 aromatic carbocycles. The minimum atomic E-state index is -3.98. The number of hydrogen-bond acceptors (Lipinski definition) is 8. The highest BCUT2D eigenvalue weighted by atomic mass is 32.2. The molecule has 0 amide bonds. The predicted octanol–water partition coefficient (Wildman–Crippen LogP) is 5.23. The van der Waals surface area contributed by atoms with E-state index in [1.165, 1.54) is 23.2 Å². The molecule has 1 saturated heterocycles. The second kappa shape index (κ2) is 11.7. The largest absolute Gasteiger partial charge is 0.481 e. The third-order valence-corrected chi connectivity index (χ3v) is 12.1. The van der Waals surface area contributed by atoms with Crippen molar-refractivity contribution in [1.29, 1.82) is 0 Å². The SMILES string of the molecule is Cc1ccc([C@H](c2ccc3c(nnn3CC3CC3)c2C)C(C)(C)C(=O)O)cc1CN1CC2(CCOCC2)Oc2ncccc2S1(=O)=O. The summed E-state index contributed by atoms with van der Waals surface area (Å²) in [4.78, 5) is 17.2. The van der Waals surface area contributed by atoms with E-state index >= 15 is 0 Å². The summed E-state index contributed by atoms with van der Waals surface area (Å²) in [5.74, 6) is -0.728. The normalized spacial score (nSPS) is 20.0. The third kappa shape index (κ3) is 5.70. The number of rotatable bonds is 8. The smallest absolute Gasteiger partial charge is 0.310 e. The molecule has 248 valence electrons. The summed E-state index contributed by atoms with van der Waals surface area (Å²) in [6, 6.07) is 13.0. The van der Waals surface area contributed by atoms with Gasteiger partial charge < -0.3 is 14.6 Å². The van der Waals surface area contributed by atoms with Crippen LogP contribution >= 0.6 is 0 Å². The fourth-order valence-electron chi connectivity index (χ4n) is 7.09. The average molecular weight is 660 g/mol. The number of aromatic nitrogens is 4. The van der Waals surface area contributed by atoms with E-state index in [0.29, 0.717) is 32.0 Å². The number of pyridine rings is 1. The Morgan fingerprint density at radius 3 is 2.62 bits per heavy atom. The minimum absolute atomic E-state index is 0.0423. The van der Waals surface area contributed by atoms with Gasteiger partial charge in [-0.1, -0.05) is 29.5 Å². The molecule has 47 heavy (non-hydrogen) atoms. The minimum Gasteiger partial charge on any atom is -0.481 e. The third-order valence-electron chi connectivity index (χ3n) is 10.3. The molecule has 7 rings (SSSR count). The Kier molecular flexibility index (Phi) is 7.88. The van der Waals surface area contributed by atoms with Gasteiger partial charge in [0.1, 0.15) is 16.0 Å². The van der Waals surface area contributed by atoms with Crippen LogP contribution in [0.25, 0.3) is 11.0 Å². The van der Waals surface area contributed by atoms with Crippen molar-refractivity contribution in [3.63, 3.8) is 0 Å². The van der Waals surface area contributed by atoms with Crippen molar-refractivity contribution in [3.05, 3.63) is 76.5 Å². The quantitative estimate of drug-likeness (QED) is 0.270. The molecule has 4 aromatic rings. The van der Waals surface area contributed by atoms with Crippen LogP contribution in [-0.2, 0) is 32.6 Å². The molecule has 0 bridgehead atoms. The van der Waals surface area contributed by atoms with Gasteiger partial charge in [0.25, 0.3) is 0 Å². The van der Waals surface area contributed by atoms with Gasteiger partial charge in [-0.15, -0.1) is 5.10 Å². The lowest BCUT2D eigenvalue weighted by atomic mass is 9.69. The second-order valence-corrected chi connectivity index (χ2v) is 15.9. The summed E-state index contributed by atoms with van der Waals surface area (Å²) in [5.41, 5.74) is 3.98. The highest BCUT2D eigenvalue weighted by molar-refractivity contribution is 7.89. The van der Waals surface area contributed by atoms with Crippen LogP contribution in [0.3, 0.4) is 0 Å². The van der Waals surface area contributed by atoms with E-state index in [4.69, 9.17) is 9.47 Å². The average Bonchev–Trinajstić information content (AvgIpc) is 3.78. The number of carbonyl (C=O) groups is 1. The van der Waals surface area contributed by atoms with Crippen molar-refractivity contribution in [1.82, 2.24) is 24.3 Å². The Balaban J connectivity index is 1.30. The highest BCUT2D eigenvalue weighted by Gasteiger charge is 2.46. The Hall–Kier alpha value is -3.87. The lowest BCUT2D eigenvalue weighted by molar-refractivity contribution is -0.147. The van der Waals surface area contributed by atoms with Gasteiger partial charge in [-0.05, 0) is 92.5 Å². The zero-order valence-electron chi connectivity index (χ0n) is 27.3. The highest BCUT2D eigenvalue weighted by Crippen LogP contribution is 2.45. The summed E-state index contributed by atoms with van der Waals surface area (Å²) in [6.07, 6.45) is 5.02. The monoisotopic (exact) mass is 659 g/mol. The summed E-state index contributed by atoms with van der Waals surface area (Å²) < 4.78 is 43.8. The van der Waals surface area contributed by atoms with E-state index in [0.717, 1.165) is 45.4 Å². The number of nitrogens with zero attached hydrogens (tertiary/aromatic N) is 5. The number of ether oxygens (including phenoxy) is 2. The first kappa shape index (κ1) is 31.7. The molecule has 1 spiro atoms. The van der Waals surface area contributed by atoms with Crippen LogP contribution in [0.2, 0.25) is 0 Å². The molecular formula is C35H41N5O6S. The molecule has 2 fully saturated rings. The van der Waals surface area contributed by atoms with E-state index < -0.39 is 32.9 Å². The number of benzene rings is 2. The number of sulfonamides is 1. The molecule has 12 heteroatoms. The zero-order valence-corrected chi connectivity index (χ0v) is 28.1.